The van der Waals surface area contributed by atoms with Gasteiger partial charge in [0.15, 0.2) is 0 Å². The van der Waals surface area contributed by atoms with Crippen LogP contribution in [0.2, 0.25) is 0 Å². The van der Waals surface area contributed by atoms with Gasteiger partial charge in [0, 0.05) is 11.0 Å². The number of hydrogen-bond acceptors (Lipinski definition) is 3. The average Bonchev–Trinajstić information content (AvgIpc) is 2.42. The number of nitrogens with one attached hydrogen (secondary N) is 1. The molecule has 0 radical (unpaired) electrons. The van der Waals surface area contributed by atoms with Gasteiger partial charge >= 0.3 is 6.09 Å². The summed E-state index contributed by atoms with van der Waals surface area (Å²) in [6.45, 7) is 8.07. The van der Waals surface area contributed by atoms with E-state index in [0.717, 1.165) is 5.56 Å². The maximum atomic E-state index is 13.0. The summed E-state index contributed by atoms with van der Waals surface area (Å²) in [6.07, 6.45) is -0.464. The number of halogens is 2. The van der Waals surface area contributed by atoms with Gasteiger partial charge in [-0.2, -0.15) is 0 Å². The standard InChI is InChI=1S/C16H23FINO3/c1-15(2,3)22-14(20)19-9-10-21-16(4,11-18)12-5-7-13(17)8-6-12/h5-8H,9-11H2,1-4H3,(H,19,20). The van der Waals surface area contributed by atoms with Gasteiger partial charge in [0.2, 0.25) is 0 Å². The highest BCUT2D eigenvalue weighted by atomic mass is 127. The van der Waals surface area contributed by atoms with E-state index in [1.54, 1.807) is 12.1 Å². The van der Waals surface area contributed by atoms with E-state index in [1.165, 1.54) is 12.1 Å². The lowest BCUT2D eigenvalue weighted by Crippen LogP contribution is -2.36. The van der Waals surface area contributed by atoms with Crippen LogP contribution < -0.4 is 5.32 Å². The molecule has 1 unspecified atom stereocenters. The Morgan fingerprint density at radius 2 is 1.82 bits per heavy atom. The number of hydrogen-bond donors (Lipinski definition) is 1. The SMILES string of the molecule is CC(C)(C)OC(=O)NCCOC(C)(CI)c1ccc(F)cc1. The van der Waals surface area contributed by atoms with Crippen molar-refractivity contribution < 1.29 is 18.7 Å². The van der Waals surface area contributed by atoms with Crippen LogP contribution in [0.1, 0.15) is 33.3 Å². The highest BCUT2D eigenvalue weighted by Crippen LogP contribution is 2.27. The minimum Gasteiger partial charge on any atom is -0.444 e. The summed E-state index contributed by atoms with van der Waals surface area (Å²) in [5.41, 5.74) is -0.139. The second kappa shape index (κ2) is 8.10. The molecule has 0 heterocycles. The molecule has 0 saturated carbocycles. The summed E-state index contributed by atoms with van der Waals surface area (Å²) in [7, 11) is 0. The predicted octanol–water partition coefficient (Wildman–Crippen LogP) is 4.02. The van der Waals surface area contributed by atoms with Crippen molar-refractivity contribution in [2.75, 3.05) is 17.6 Å². The van der Waals surface area contributed by atoms with Gasteiger partial charge in [0.1, 0.15) is 11.4 Å². The van der Waals surface area contributed by atoms with Gasteiger partial charge in [-0.25, -0.2) is 9.18 Å². The highest BCUT2D eigenvalue weighted by molar-refractivity contribution is 14.1. The lowest BCUT2D eigenvalue weighted by molar-refractivity contribution is -0.0150. The third-order valence-electron chi connectivity index (χ3n) is 2.90. The van der Waals surface area contributed by atoms with Gasteiger partial charge in [0.05, 0.1) is 12.2 Å². The van der Waals surface area contributed by atoms with Crippen LogP contribution in [0.3, 0.4) is 0 Å². The van der Waals surface area contributed by atoms with Gasteiger partial charge in [-0.1, -0.05) is 34.7 Å². The van der Waals surface area contributed by atoms with Gasteiger partial charge in [-0.3, -0.25) is 0 Å². The summed E-state index contributed by atoms with van der Waals surface area (Å²) in [4.78, 5) is 11.5. The quantitative estimate of drug-likeness (QED) is 0.427. The lowest BCUT2D eigenvalue weighted by atomic mass is 9.98. The van der Waals surface area contributed by atoms with Crippen molar-refractivity contribution in [3.8, 4) is 0 Å². The minimum atomic E-state index is -0.524. The molecule has 1 N–H and O–H groups in total. The Kier molecular flexibility index (Phi) is 7.05. The molecule has 22 heavy (non-hydrogen) atoms. The summed E-state index contributed by atoms with van der Waals surface area (Å²) in [5.74, 6) is -0.272. The summed E-state index contributed by atoms with van der Waals surface area (Å²) in [5, 5.41) is 2.65. The zero-order valence-corrected chi connectivity index (χ0v) is 15.6. The van der Waals surface area contributed by atoms with E-state index in [2.05, 4.69) is 27.9 Å². The molecule has 1 amide bonds. The maximum absolute atomic E-state index is 13.0. The Hall–Kier alpha value is -0.890. The molecule has 0 aliphatic heterocycles. The van der Waals surface area contributed by atoms with E-state index in [-0.39, 0.29) is 5.82 Å². The van der Waals surface area contributed by atoms with Crippen molar-refractivity contribution >= 4 is 28.7 Å². The molecule has 0 aliphatic carbocycles. The molecule has 124 valence electrons. The number of alkyl carbamates (subject to hydrolysis) is 1. The molecule has 6 heteroatoms. The summed E-state index contributed by atoms with van der Waals surface area (Å²) < 4.78 is 24.7. The van der Waals surface area contributed by atoms with Crippen LogP contribution in [0.5, 0.6) is 0 Å². The number of amides is 1. The number of rotatable bonds is 6. The molecule has 1 aromatic carbocycles. The fraction of sp³-hybridized carbons (Fsp3) is 0.562. The largest absolute Gasteiger partial charge is 0.444 e. The van der Waals surface area contributed by atoms with Crippen molar-refractivity contribution in [1.82, 2.24) is 5.32 Å². The van der Waals surface area contributed by atoms with Crippen molar-refractivity contribution in [1.29, 1.82) is 0 Å². The maximum Gasteiger partial charge on any atom is 0.407 e. The van der Waals surface area contributed by atoms with Gasteiger partial charge in [-0.15, -0.1) is 0 Å². The van der Waals surface area contributed by atoms with Gasteiger partial charge in [-0.05, 0) is 45.4 Å². The van der Waals surface area contributed by atoms with E-state index in [9.17, 15) is 9.18 Å². The van der Waals surface area contributed by atoms with Crippen LogP contribution in [-0.4, -0.2) is 29.3 Å². The van der Waals surface area contributed by atoms with Crippen molar-refractivity contribution in [3.63, 3.8) is 0 Å². The molecule has 0 aromatic heterocycles. The van der Waals surface area contributed by atoms with Crippen molar-refractivity contribution in [2.24, 2.45) is 0 Å². The minimum absolute atomic E-state index is 0.272. The monoisotopic (exact) mass is 423 g/mol. The molecule has 0 spiro atoms. The number of alkyl halides is 1. The molecular weight excluding hydrogens is 400 g/mol. The molecule has 0 aliphatic rings. The van der Waals surface area contributed by atoms with E-state index in [4.69, 9.17) is 9.47 Å². The van der Waals surface area contributed by atoms with Crippen molar-refractivity contribution in [2.45, 2.75) is 38.9 Å². The third-order valence-corrected chi connectivity index (χ3v) is 4.36. The highest BCUT2D eigenvalue weighted by Gasteiger charge is 2.26. The molecule has 0 saturated heterocycles. The molecular formula is C16H23FINO3. The molecule has 1 aromatic rings. The average molecular weight is 423 g/mol. The first-order valence-corrected chi connectivity index (χ1v) is 8.62. The number of benzene rings is 1. The van der Waals surface area contributed by atoms with Crippen LogP contribution >= 0.6 is 22.6 Å². The van der Waals surface area contributed by atoms with Crippen LogP contribution in [0.4, 0.5) is 9.18 Å². The molecule has 1 atom stereocenters. The van der Waals surface area contributed by atoms with E-state index < -0.39 is 17.3 Å². The number of carbonyl (C=O) groups excluding carboxylic acids is 1. The molecule has 0 fully saturated rings. The van der Waals surface area contributed by atoms with Crippen molar-refractivity contribution in [3.05, 3.63) is 35.6 Å². The zero-order chi connectivity index (χ0) is 16.8. The predicted molar refractivity (Wildman–Crippen MR) is 92.8 cm³/mol. The normalized spacial score (nSPS) is 14.3. The molecule has 0 bridgehead atoms. The smallest absolute Gasteiger partial charge is 0.407 e. The van der Waals surface area contributed by atoms with Crippen LogP contribution in [-0.2, 0) is 15.1 Å². The Labute approximate surface area is 144 Å². The van der Waals surface area contributed by atoms with E-state index >= 15 is 0 Å². The molecule has 4 nitrogen and oxygen atoms in total. The number of ether oxygens (including phenoxy) is 2. The summed E-state index contributed by atoms with van der Waals surface area (Å²) in [6, 6.07) is 6.27. The molecule has 1 rings (SSSR count). The first kappa shape index (κ1) is 19.2. The first-order valence-electron chi connectivity index (χ1n) is 7.09. The van der Waals surface area contributed by atoms with Gasteiger partial charge < -0.3 is 14.8 Å². The zero-order valence-electron chi connectivity index (χ0n) is 13.4. The van der Waals surface area contributed by atoms with E-state index in [0.29, 0.717) is 17.6 Å². The van der Waals surface area contributed by atoms with Crippen LogP contribution in [0, 0.1) is 5.82 Å². The second-order valence-corrected chi connectivity index (χ2v) is 6.91. The lowest BCUT2D eigenvalue weighted by Gasteiger charge is -2.28. The topological polar surface area (TPSA) is 47.6 Å². The van der Waals surface area contributed by atoms with Crippen LogP contribution in [0.25, 0.3) is 0 Å². The Morgan fingerprint density at radius 3 is 2.32 bits per heavy atom. The Balaban J connectivity index is 2.47. The van der Waals surface area contributed by atoms with E-state index in [1.807, 2.05) is 27.7 Å². The second-order valence-electron chi connectivity index (χ2n) is 6.15. The van der Waals surface area contributed by atoms with Crippen LogP contribution in [0.15, 0.2) is 24.3 Å². The Bertz CT molecular complexity index is 487. The van der Waals surface area contributed by atoms with Gasteiger partial charge in [0.25, 0.3) is 0 Å². The number of carbonyl (C=O) groups is 1. The first-order chi connectivity index (χ1) is 10.2. The fourth-order valence-electron chi connectivity index (χ4n) is 1.75. The third kappa shape index (κ3) is 6.48. The Morgan fingerprint density at radius 1 is 1.23 bits per heavy atom. The summed E-state index contributed by atoms with van der Waals surface area (Å²) >= 11 is 2.23. The fourth-order valence-corrected chi connectivity index (χ4v) is 2.41.